The Morgan fingerprint density at radius 3 is 2.67 bits per heavy atom. The average molecular weight is 191 g/mol. The summed E-state index contributed by atoms with van der Waals surface area (Å²) in [6, 6.07) is 0. The van der Waals surface area contributed by atoms with Crippen LogP contribution in [0.1, 0.15) is 26.5 Å². The Morgan fingerprint density at radius 2 is 2.25 bits per heavy atom. The lowest BCUT2D eigenvalue weighted by Gasteiger charge is -1.96. The van der Waals surface area contributed by atoms with E-state index >= 15 is 0 Å². The van der Waals surface area contributed by atoms with E-state index in [-0.39, 0.29) is 0 Å². The summed E-state index contributed by atoms with van der Waals surface area (Å²) >= 11 is 5.70. The van der Waals surface area contributed by atoms with Crippen LogP contribution >= 0.6 is 11.6 Å². The molecular formula is C8H15ClN2O. The second kappa shape index (κ2) is 7.13. The number of nitrogens with one attached hydrogen (secondary N) is 1. The van der Waals surface area contributed by atoms with Crippen molar-refractivity contribution in [3.8, 4) is 0 Å². The van der Waals surface area contributed by atoms with Crippen LogP contribution in [0, 0.1) is 0 Å². The van der Waals surface area contributed by atoms with Crippen molar-refractivity contribution in [2.75, 3.05) is 6.61 Å². The molecule has 3 nitrogen and oxygen atoms in total. The second-order valence-electron chi connectivity index (χ2n) is 1.83. The number of halogens is 1. The molecule has 1 heterocycles. The van der Waals surface area contributed by atoms with Gasteiger partial charge in [0.2, 0.25) is 0 Å². The van der Waals surface area contributed by atoms with E-state index in [1.54, 1.807) is 6.20 Å². The summed E-state index contributed by atoms with van der Waals surface area (Å²) in [5.74, 6) is 0. The molecule has 0 spiro atoms. The predicted molar refractivity (Wildman–Crippen MR) is 50.3 cm³/mol. The van der Waals surface area contributed by atoms with Gasteiger partial charge in [0.1, 0.15) is 0 Å². The highest BCUT2D eigenvalue weighted by Gasteiger charge is 1.99. The van der Waals surface area contributed by atoms with Crippen LogP contribution < -0.4 is 0 Å². The van der Waals surface area contributed by atoms with Gasteiger partial charge in [-0.3, -0.25) is 5.10 Å². The molecule has 70 valence electrons. The second-order valence-corrected chi connectivity index (χ2v) is 2.24. The van der Waals surface area contributed by atoms with Gasteiger partial charge in [-0.15, -0.1) is 0 Å². The van der Waals surface area contributed by atoms with Crippen LogP contribution in [0.4, 0.5) is 0 Å². The van der Waals surface area contributed by atoms with Crippen molar-refractivity contribution in [2.45, 2.75) is 27.4 Å². The van der Waals surface area contributed by atoms with Crippen molar-refractivity contribution in [1.82, 2.24) is 10.2 Å². The van der Waals surface area contributed by atoms with Crippen molar-refractivity contribution in [1.29, 1.82) is 0 Å². The molecule has 0 unspecified atom stereocenters. The van der Waals surface area contributed by atoms with Gasteiger partial charge in [-0.1, -0.05) is 25.4 Å². The summed E-state index contributed by atoms with van der Waals surface area (Å²) in [5.41, 5.74) is 0.837. The van der Waals surface area contributed by atoms with E-state index in [0.717, 1.165) is 5.69 Å². The molecule has 0 fully saturated rings. The standard InChI is InChI=1S/C6H9ClN2O.C2H6/c1-2-10-4-6-5(7)3-8-9-6;1-2/h3H,2,4H2,1H3,(H,8,9);1-2H3. The number of hydrogen-bond donors (Lipinski definition) is 1. The van der Waals surface area contributed by atoms with Crippen LogP contribution in [0.25, 0.3) is 0 Å². The van der Waals surface area contributed by atoms with Gasteiger partial charge in [-0.2, -0.15) is 5.10 Å². The van der Waals surface area contributed by atoms with Crippen molar-refractivity contribution >= 4 is 11.6 Å². The summed E-state index contributed by atoms with van der Waals surface area (Å²) in [7, 11) is 0. The highest BCUT2D eigenvalue weighted by Crippen LogP contribution is 2.11. The number of rotatable bonds is 3. The highest BCUT2D eigenvalue weighted by molar-refractivity contribution is 6.31. The molecular weight excluding hydrogens is 176 g/mol. The molecule has 4 heteroatoms. The topological polar surface area (TPSA) is 37.9 Å². The molecule has 1 aromatic heterocycles. The number of hydrogen-bond acceptors (Lipinski definition) is 2. The van der Waals surface area contributed by atoms with Gasteiger partial charge in [0.05, 0.1) is 23.5 Å². The first-order valence-corrected chi connectivity index (χ1v) is 4.48. The number of aromatic nitrogens is 2. The van der Waals surface area contributed by atoms with Gasteiger partial charge in [-0.25, -0.2) is 0 Å². The summed E-state index contributed by atoms with van der Waals surface area (Å²) in [6.07, 6.45) is 1.57. The van der Waals surface area contributed by atoms with Crippen LogP contribution in [-0.4, -0.2) is 16.8 Å². The number of H-pyrrole nitrogens is 1. The van der Waals surface area contributed by atoms with Crippen LogP contribution in [-0.2, 0) is 11.3 Å². The molecule has 0 amide bonds. The molecule has 1 rings (SSSR count). The van der Waals surface area contributed by atoms with Gasteiger partial charge in [0, 0.05) is 6.61 Å². The van der Waals surface area contributed by atoms with E-state index in [1.165, 1.54) is 0 Å². The zero-order valence-corrected chi connectivity index (χ0v) is 8.48. The fourth-order valence-corrected chi connectivity index (χ4v) is 0.749. The first kappa shape index (κ1) is 11.5. The first-order valence-electron chi connectivity index (χ1n) is 4.10. The Hall–Kier alpha value is -0.540. The SMILES string of the molecule is CC.CCOCc1[nH]ncc1Cl. The summed E-state index contributed by atoms with van der Waals surface area (Å²) < 4.78 is 5.10. The number of ether oxygens (including phenoxy) is 1. The van der Waals surface area contributed by atoms with E-state index in [4.69, 9.17) is 16.3 Å². The minimum Gasteiger partial charge on any atom is -0.375 e. The molecule has 0 saturated heterocycles. The molecule has 1 N–H and O–H groups in total. The van der Waals surface area contributed by atoms with Crippen molar-refractivity contribution in [2.24, 2.45) is 0 Å². The monoisotopic (exact) mass is 190 g/mol. The molecule has 0 aliphatic rings. The van der Waals surface area contributed by atoms with Crippen LogP contribution in [0.5, 0.6) is 0 Å². The maximum absolute atomic E-state index is 5.70. The van der Waals surface area contributed by atoms with E-state index in [0.29, 0.717) is 18.2 Å². The van der Waals surface area contributed by atoms with E-state index in [9.17, 15) is 0 Å². The lowest BCUT2D eigenvalue weighted by Crippen LogP contribution is -1.92. The van der Waals surface area contributed by atoms with Crippen molar-refractivity contribution in [3.63, 3.8) is 0 Å². The smallest absolute Gasteiger partial charge is 0.0897 e. The van der Waals surface area contributed by atoms with Crippen LogP contribution in [0.3, 0.4) is 0 Å². The maximum Gasteiger partial charge on any atom is 0.0897 e. The first-order chi connectivity index (χ1) is 5.84. The van der Waals surface area contributed by atoms with Gasteiger partial charge in [-0.05, 0) is 6.92 Å². The Morgan fingerprint density at radius 1 is 1.58 bits per heavy atom. The number of nitrogens with zero attached hydrogens (tertiary/aromatic N) is 1. The maximum atomic E-state index is 5.70. The van der Waals surface area contributed by atoms with Gasteiger partial charge >= 0.3 is 0 Å². The molecule has 0 bridgehead atoms. The molecule has 0 aliphatic carbocycles. The third-order valence-electron chi connectivity index (χ3n) is 1.12. The van der Waals surface area contributed by atoms with Crippen molar-refractivity contribution < 1.29 is 4.74 Å². The predicted octanol–water partition coefficient (Wildman–Crippen LogP) is 2.63. The Labute approximate surface area is 78.1 Å². The van der Waals surface area contributed by atoms with Gasteiger partial charge in [0.15, 0.2) is 0 Å². The molecule has 0 aliphatic heterocycles. The molecule has 0 atom stereocenters. The van der Waals surface area contributed by atoms with E-state index < -0.39 is 0 Å². The summed E-state index contributed by atoms with van der Waals surface area (Å²) in [5, 5.41) is 7.10. The lowest BCUT2D eigenvalue weighted by atomic mass is 10.5. The Bertz CT molecular complexity index is 201. The zero-order chi connectivity index (χ0) is 9.40. The van der Waals surface area contributed by atoms with E-state index in [2.05, 4.69) is 10.2 Å². The fourth-order valence-electron chi connectivity index (χ4n) is 0.604. The van der Waals surface area contributed by atoms with E-state index in [1.807, 2.05) is 20.8 Å². The lowest BCUT2D eigenvalue weighted by molar-refractivity contribution is 0.131. The van der Waals surface area contributed by atoms with Gasteiger partial charge < -0.3 is 4.74 Å². The van der Waals surface area contributed by atoms with Gasteiger partial charge in [0.25, 0.3) is 0 Å². The Balaban J connectivity index is 0.000000561. The Kier molecular flexibility index (Phi) is 6.81. The minimum atomic E-state index is 0.509. The molecule has 0 radical (unpaired) electrons. The largest absolute Gasteiger partial charge is 0.375 e. The summed E-state index contributed by atoms with van der Waals surface area (Å²) in [6.45, 7) is 7.13. The summed E-state index contributed by atoms with van der Waals surface area (Å²) in [4.78, 5) is 0. The van der Waals surface area contributed by atoms with Crippen molar-refractivity contribution in [3.05, 3.63) is 16.9 Å². The minimum absolute atomic E-state index is 0.509. The van der Waals surface area contributed by atoms with Crippen LogP contribution in [0.2, 0.25) is 5.02 Å². The molecule has 0 saturated carbocycles. The fraction of sp³-hybridized carbons (Fsp3) is 0.625. The normalized spacial score (nSPS) is 9.00. The molecule has 12 heavy (non-hydrogen) atoms. The highest BCUT2D eigenvalue weighted by atomic mass is 35.5. The molecule has 1 aromatic rings. The average Bonchev–Trinajstić information content (AvgIpc) is 2.51. The zero-order valence-electron chi connectivity index (χ0n) is 7.72. The van der Waals surface area contributed by atoms with Crippen LogP contribution in [0.15, 0.2) is 6.20 Å². The number of aromatic amines is 1. The molecule has 0 aromatic carbocycles. The third-order valence-corrected chi connectivity index (χ3v) is 1.44. The quantitative estimate of drug-likeness (QED) is 0.796. The third kappa shape index (κ3) is 3.74.